The van der Waals surface area contributed by atoms with E-state index >= 15 is 0 Å². The molecule has 1 heterocycles. The maximum Gasteiger partial charge on any atom is 0.161 e. The van der Waals surface area contributed by atoms with Gasteiger partial charge < -0.3 is 0 Å². The zero-order valence-electron chi connectivity index (χ0n) is 10.5. The van der Waals surface area contributed by atoms with E-state index in [0.717, 1.165) is 16.5 Å². The molecule has 0 aliphatic rings. The molecule has 100 valence electrons. The minimum atomic E-state index is 0.403. The van der Waals surface area contributed by atoms with Gasteiger partial charge in [0.2, 0.25) is 0 Å². The Kier molecular flexibility index (Phi) is 3.55. The molecule has 0 spiro atoms. The maximum absolute atomic E-state index is 6.28. The standard InChI is InChI=1S/C15H9Cl3N2/c1-8-2-7-11(17)13-12(8)14(18)20-15(19-13)9-3-5-10(16)6-4-9/h2-7H,1H3. The zero-order chi connectivity index (χ0) is 14.3. The predicted octanol–water partition coefficient (Wildman–Crippen LogP) is 5.57. The molecule has 0 atom stereocenters. The summed E-state index contributed by atoms with van der Waals surface area (Å²) in [5.74, 6) is 0.534. The molecule has 0 unspecified atom stereocenters. The highest BCUT2D eigenvalue weighted by atomic mass is 35.5. The van der Waals surface area contributed by atoms with Gasteiger partial charge in [0, 0.05) is 16.0 Å². The van der Waals surface area contributed by atoms with Gasteiger partial charge in [-0.2, -0.15) is 0 Å². The van der Waals surface area contributed by atoms with Crippen LogP contribution in [0.5, 0.6) is 0 Å². The summed E-state index contributed by atoms with van der Waals surface area (Å²) in [6.07, 6.45) is 0. The Morgan fingerprint density at radius 1 is 0.850 bits per heavy atom. The number of hydrogen-bond donors (Lipinski definition) is 0. The van der Waals surface area contributed by atoms with Crippen molar-refractivity contribution in [3.63, 3.8) is 0 Å². The molecule has 3 rings (SSSR count). The molecular weight excluding hydrogens is 315 g/mol. The summed E-state index contributed by atoms with van der Waals surface area (Å²) in [5, 5.41) is 2.41. The summed E-state index contributed by atoms with van der Waals surface area (Å²) in [6.45, 7) is 1.95. The van der Waals surface area contributed by atoms with Crippen LogP contribution >= 0.6 is 34.8 Å². The van der Waals surface area contributed by atoms with Crippen molar-refractivity contribution < 1.29 is 0 Å². The van der Waals surface area contributed by atoms with Gasteiger partial charge in [0.05, 0.1) is 10.5 Å². The van der Waals surface area contributed by atoms with Crippen LogP contribution in [-0.4, -0.2) is 9.97 Å². The van der Waals surface area contributed by atoms with Crippen molar-refractivity contribution in [3.8, 4) is 11.4 Å². The molecule has 0 aliphatic carbocycles. The zero-order valence-corrected chi connectivity index (χ0v) is 12.8. The van der Waals surface area contributed by atoms with Crippen molar-refractivity contribution in [2.75, 3.05) is 0 Å². The normalized spacial score (nSPS) is 11.0. The summed E-state index contributed by atoms with van der Waals surface area (Å²) >= 11 is 18.4. The fourth-order valence-electron chi connectivity index (χ4n) is 2.04. The monoisotopic (exact) mass is 322 g/mol. The molecule has 3 aromatic rings. The van der Waals surface area contributed by atoms with Crippen LogP contribution in [0.1, 0.15) is 5.56 Å². The summed E-state index contributed by atoms with van der Waals surface area (Å²) < 4.78 is 0. The first kappa shape index (κ1) is 13.6. The first-order valence-corrected chi connectivity index (χ1v) is 7.08. The number of hydrogen-bond acceptors (Lipinski definition) is 2. The van der Waals surface area contributed by atoms with E-state index in [2.05, 4.69) is 9.97 Å². The minimum absolute atomic E-state index is 0.403. The quantitative estimate of drug-likeness (QED) is 0.547. The van der Waals surface area contributed by atoms with Crippen molar-refractivity contribution in [1.29, 1.82) is 0 Å². The van der Waals surface area contributed by atoms with E-state index in [1.54, 1.807) is 12.1 Å². The Balaban J connectivity index is 2.29. The summed E-state index contributed by atoms with van der Waals surface area (Å²) in [7, 11) is 0. The Hall–Kier alpha value is -1.35. The van der Waals surface area contributed by atoms with Gasteiger partial charge in [-0.1, -0.05) is 40.9 Å². The van der Waals surface area contributed by atoms with E-state index in [0.29, 0.717) is 26.5 Å². The lowest BCUT2D eigenvalue weighted by molar-refractivity contribution is 1.22. The van der Waals surface area contributed by atoms with E-state index in [1.807, 2.05) is 31.2 Å². The number of nitrogens with zero attached hydrogens (tertiary/aromatic N) is 2. The third kappa shape index (κ3) is 2.35. The average Bonchev–Trinajstić information content (AvgIpc) is 2.43. The summed E-state index contributed by atoms with van der Waals surface area (Å²) in [5.41, 5.74) is 2.50. The molecule has 5 heteroatoms. The van der Waals surface area contributed by atoms with Gasteiger partial charge in [-0.25, -0.2) is 9.97 Å². The lowest BCUT2D eigenvalue weighted by Gasteiger charge is -2.08. The molecule has 0 saturated carbocycles. The van der Waals surface area contributed by atoms with Crippen molar-refractivity contribution >= 4 is 45.7 Å². The smallest absolute Gasteiger partial charge is 0.161 e. The van der Waals surface area contributed by atoms with Crippen LogP contribution in [0.25, 0.3) is 22.3 Å². The van der Waals surface area contributed by atoms with Gasteiger partial charge in [0.15, 0.2) is 5.82 Å². The predicted molar refractivity (Wildman–Crippen MR) is 84.7 cm³/mol. The SMILES string of the molecule is Cc1ccc(Cl)c2nc(-c3ccc(Cl)cc3)nc(Cl)c12. The third-order valence-electron chi connectivity index (χ3n) is 3.07. The van der Waals surface area contributed by atoms with Gasteiger partial charge in [0.1, 0.15) is 5.15 Å². The molecule has 2 aromatic carbocycles. The number of halogens is 3. The summed E-state index contributed by atoms with van der Waals surface area (Å²) in [6, 6.07) is 11.0. The highest BCUT2D eigenvalue weighted by Crippen LogP contribution is 2.31. The topological polar surface area (TPSA) is 25.8 Å². The second-order valence-corrected chi connectivity index (χ2v) is 5.63. The van der Waals surface area contributed by atoms with Crippen molar-refractivity contribution in [3.05, 3.63) is 57.2 Å². The number of aromatic nitrogens is 2. The van der Waals surface area contributed by atoms with E-state index in [1.165, 1.54) is 0 Å². The maximum atomic E-state index is 6.28. The molecule has 1 aromatic heterocycles. The van der Waals surface area contributed by atoms with Crippen LogP contribution in [0.2, 0.25) is 15.2 Å². The van der Waals surface area contributed by atoms with Gasteiger partial charge >= 0.3 is 0 Å². The number of rotatable bonds is 1. The molecule has 0 saturated heterocycles. The highest BCUT2D eigenvalue weighted by Gasteiger charge is 2.12. The fraction of sp³-hybridized carbons (Fsp3) is 0.0667. The minimum Gasteiger partial charge on any atom is -0.226 e. The number of aryl methyl sites for hydroxylation is 1. The Labute approximate surface area is 131 Å². The van der Waals surface area contributed by atoms with Crippen molar-refractivity contribution in [2.24, 2.45) is 0 Å². The molecule has 0 radical (unpaired) electrons. The Morgan fingerprint density at radius 2 is 1.55 bits per heavy atom. The number of benzene rings is 2. The second kappa shape index (κ2) is 5.21. The van der Waals surface area contributed by atoms with E-state index in [-0.39, 0.29) is 0 Å². The second-order valence-electron chi connectivity index (χ2n) is 4.43. The molecule has 0 amide bonds. The van der Waals surface area contributed by atoms with Crippen LogP contribution in [0.15, 0.2) is 36.4 Å². The Bertz CT molecular complexity index is 798. The number of fused-ring (bicyclic) bond motifs is 1. The average molecular weight is 324 g/mol. The van der Waals surface area contributed by atoms with Crippen molar-refractivity contribution in [1.82, 2.24) is 9.97 Å². The van der Waals surface area contributed by atoms with E-state index in [4.69, 9.17) is 34.8 Å². The Morgan fingerprint density at radius 3 is 2.25 bits per heavy atom. The van der Waals surface area contributed by atoms with Crippen LogP contribution in [0.3, 0.4) is 0 Å². The molecular formula is C15H9Cl3N2. The van der Waals surface area contributed by atoms with Gasteiger partial charge in [-0.15, -0.1) is 0 Å². The largest absolute Gasteiger partial charge is 0.226 e. The fourth-order valence-corrected chi connectivity index (χ4v) is 2.69. The van der Waals surface area contributed by atoms with Crippen LogP contribution in [0, 0.1) is 6.92 Å². The molecule has 2 nitrogen and oxygen atoms in total. The lowest BCUT2D eigenvalue weighted by Crippen LogP contribution is -1.94. The summed E-state index contributed by atoms with van der Waals surface area (Å²) in [4.78, 5) is 8.88. The van der Waals surface area contributed by atoms with E-state index in [9.17, 15) is 0 Å². The lowest BCUT2D eigenvalue weighted by atomic mass is 10.1. The van der Waals surface area contributed by atoms with Crippen molar-refractivity contribution in [2.45, 2.75) is 6.92 Å². The van der Waals surface area contributed by atoms with Crippen LogP contribution < -0.4 is 0 Å². The highest BCUT2D eigenvalue weighted by molar-refractivity contribution is 6.38. The van der Waals surface area contributed by atoms with Gasteiger partial charge in [-0.05, 0) is 42.8 Å². The molecule has 0 N–H and O–H groups in total. The molecule has 0 bridgehead atoms. The first-order valence-electron chi connectivity index (χ1n) is 5.94. The van der Waals surface area contributed by atoms with Crippen LogP contribution in [0.4, 0.5) is 0 Å². The van der Waals surface area contributed by atoms with Gasteiger partial charge in [0.25, 0.3) is 0 Å². The van der Waals surface area contributed by atoms with E-state index < -0.39 is 0 Å². The first-order chi connectivity index (χ1) is 9.56. The third-order valence-corrected chi connectivity index (χ3v) is 3.90. The van der Waals surface area contributed by atoms with Gasteiger partial charge in [-0.3, -0.25) is 0 Å². The van der Waals surface area contributed by atoms with Crippen LogP contribution in [-0.2, 0) is 0 Å². The molecule has 0 fully saturated rings. The molecule has 0 aliphatic heterocycles. The molecule has 20 heavy (non-hydrogen) atoms.